The van der Waals surface area contributed by atoms with Gasteiger partial charge in [0.2, 0.25) is 0 Å². The molecule has 1 aliphatic rings. The summed E-state index contributed by atoms with van der Waals surface area (Å²) in [5.41, 5.74) is 2.66. The maximum Gasteiger partial charge on any atom is 0.133 e. The monoisotopic (exact) mass is 364 g/mol. The Hall–Kier alpha value is -3.00. The smallest absolute Gasteiger partial charge is 0.133 e. The molecule has 5 nitrogen and oxygen atoms in total. The molecular formula is C22H24N2O3. The number of methoxy groups -OCH3 is 1. The van der Waals surface area contributed by atoms with Crippen molar-refractivity contribution in [1.82, 2.24) is 0 Å². The summed E-state index contributed by atoms with van der Waals surface area (Å²) in [6.45, 7) is 5.16. The first-order valence-corrected chi connectivity index (χ1v) is 9.09. The van der Waals surface area contributed by atoms with Gasteiger partial charge in [-0.15, -0.1) is 0 Å². The summed E-state index contributed by atoms with van der Waals surface area (Å²) < 4.78 is 11.2. The fraction of sp³-hybridized carbons (Fsp3) is 0.364. The predicted molar refractivity (Wildman–Crippen MR) is 104 cm³/mol. The zero-order chi connectivity index (χ0) is 19.4. The molecule has 3 rings (SSSR count). The lowest BCUT2D eigenvalue weighted by Gasteiger charge is -2.41. The molecule has 1 fully saturated rings. The van der Waals surface area contributed by atoms with Crippen molar-refractivity contribution in [2.24, 2.45) is 0 Å². The van der Waals surface area contributed by atoms with Gasteiger partial charge in [-0.1, -0.05) is 19.1 Å². The van der Waals surface area contributed by atoms with Crippen molar-refractivity contribution >= 4 is 11.5 Å². The van der Waals surface area contributed by atoms with Crippen LogP contribution >= 0.6 is 0 Å². The van der Waals surface area contributed by atoms with Crippen molar-refractivity contribution in [1.29, 1.82) is 5.26 Å². The highest BCUT2D eigenvalue weighted by Gasteiger charge is 2.30. The van der Waals surface area contributed by atoms with E-state index < -0.39 is 0 Å². The van der Waals surface area contributed by atoms with E-state index in [9.17, 15) is 10.1 Å². The summed E-state index contributed by atoms with van der Waals surface area (Å²) in [6.07, 6.45) is 0.653. The van der Waals surface area contributed by atoms with Crippen LogP contribution in [0.15, 0.2) is 42.5 Å². The van der Waals surface area contributed by atoms with Crippen LogP contribution in [0.4, 0.5) is 5.69 Å². The summed E-state index contributed by atoms with van der Waals surface area (Å²) in [4.78, 5) is 13.4. The van der Waals surface area contributed by atoms with Crippen LogP contribution in [-0.4, -0.2) is 32.1 Å². The fourth-order valence-electron chi connectivity index (χ4n) is 3.33. The van der Waals surface area contributed by atoms with Gasteiger partial charge in [0.15, 0.2) is 0 Å². The SMILES string of the molecule is COc1ccc(N2CC(Oc3ccc([C@H](C)CC(C)=O)cc3)C2)c(C#N)c1. The molecule has 0 amide bonds. The lowest BCUT2D eigenvalue weighted by atomic mass is 9.96. The van der Waals surface area contributed by atoms with Gasteiger partial charge >= 0.3 is 0 Å². The Morgan fingerprint density at radius 3 is 2.48 bits per heavy atom. The first-order valence-electron chi connectivity index (χ1n) is 9.09. The highest BCUT2D eigenvalue weighted by Crippen LogP contribution is 2.30. The second-order valence-corrected chi connectivity index (χ2v) is 7.02. The van der Waals surface area contributed by atoms with E-state index in [1.54, 1.807) is 20.1 Å². The third-order valence-electron chi connectivity index (χ3n) is 4.86. The number of hydrogen-bond donors (Lipinski definition) is 0. The molecule has 0 unspecified atom stereocenters. The summed E-state index contributed by atoms with van der Waals surface area (Å²) in [6, 6.07) is 15.7. The van der Waals surface area contributed by atoms with E-state index in [1.165, 1.54) is 0 Å². The first kappa shape index (κ1) is 18.8. The van der Waals surface area contributed by atoms with Crippen LogP contribution in [0.3, 0.4) is 0 Å². The van der Waals surface area contributed by atoms with Gasteiger partial charge in [0.05, 0.1) is 31.5 Å². The van der Waals surface area contributed by atoms with Crippen LogP contribution in [0.1, 0.15) is 37.3 Å². The van der Waals surface area contributed by atoms with E-state index in [-0.39, 0.29) is 17.8 Å². The van der Waals surface area contributed by atoms with E-state index >= 15 is 0 Å². The zero-order valence-corrected chi connectivity index (χ0v) is 15.9. The molecule has 5 heteroatoms. The van der Waals surface area contributed by atoms with Gasteiger partial charge in [0.1, 0.15) is 29.5 Å². The van der Waals surface area contributed by atoms with Gasteiger partial charge in [-0.05, 0) is 48.7 Å². The second kappa shape index (κ2) is 8.13. The summed E-state index contributed by atoms with van der Waals surface area (Å²) in [5.74, 6) is 1.93. The summed E-state index contributed by atoms with van der Waals surface area (Å²) in [5, 5.41) is 9.35. The average molecular weight is 364 g/mol. The fourth-order valence-corrected chi connectivity index (χ4v) is 3.33. The van der Waals surface area contributed by atoms with Crippen LogP contribution in [-0.2, 0) is 4.79 Å². The number of nitriles is 1. The van der Waals surface area contributed by atoms with Crippen LogP contribution in [0, 0.1) is 11.3 Å². The molecule has 0 N–H and O–H groups in total. The van der Waals surface area contributed by atoms with Crippen LogP contribution in [0.5, 0.6) is 11.5 Å². The van der Waals surface area contributed by atoms with Gasteiger partial charge in [0, 0.05) is 6.42 Å². The van der Waals surface area contributed by atoms with Crippen molar-refractivity contribution < 1.29 is 14.3 Å². The lowest BCUT2D eigenvalue weighted by molar-refractivity contribution is -0.117. The normalized spacial score (nSPS) is 14.8. The van der Waals surface area contributed by atoms with Gasteiger partial charge in [0.25, 0.3) is 0 Å². The molecule has 2 aromatic rings. The van der Waals surface area contributed by atoms with E-state index in [4.69, 9.17) is 9.47 Å². The number of carbonyl (C=O) groups is 1. The van der Waals surface area contributed by atoms with Gasteiger partial charge in [-0.25, -0.2) is 0 Å². The topological polar surface area (TPSA) is 62.6 Å². The third kappa shape index (κ3) is 4.40. The summed E-state index contributed by atoms with van der Waals surface area (Å²) in [7, 11) is 1.59. The Labute approximate surface area is 160 Å². The van der Waals surface area contributed by atoms with Crippen molar-refractivity contribution in [2.75, 3.05) is 25.1 Å². The third-order valence-corrected chi connectivity index (χ3v) is 4.86. The first-order chi connectivity index (χ1) is 13.0. The number of ketones is 1. The van der Waals surface area contributed by atoms with Crippen molar-refractivity contribution in [2.45, 2.75) is 32.3 Å². The molecule has 27 heavy (non-hydrogen) atoms. The van der Waals surface area contributed by atoms with Crippen molar-refractivity contribution in [3.63, 3.8) is 0 Å². The average Bonchev–Trinajstić information content (AvgIpc) is 2.64. The van der Waals surface area contributed by atoms with E-state index in [2.05, 4.69) is 17.9 Å². The van der Waals surface area contributed by atoms with E-state index in [1.807, 2.05) is 36.4 Å². The maximum atomic E-state index is 11.3. The number of ether oxygens (including phenoxy) is 2. The Kier molecular flexibility index (Phi) is 5.66. The number of rotatable bonds is 7. The molecule has 0 bridgehead atoms. The Balaban J connectivity index is 1.56. The van der Waals surface area contributed by atoms with Gasteiger partial charge in [-0.3, -0.25) is 0 Å². The molecule has 1 atom stereocenters. The highest BCUT2D eigenvalue weighted by atomic mass is 16.5. The summed E-state index contributed by atoms with van der Waals surface area (Å²) >= 11 is 0. The molecule has 2 aromatic carbocycles. The van der Waals surface area contributed by atoms with Gasteiger partial charge < -0.3 is 19.2 Å². The zero-order valence-electron chi connectivity index (χ0n) is 15.9. The maximum absolute atomic E-state index is 11.3. The van der Waals surface area contributed by atoms with Crippen molar-refractivity contribution in [3.8, 4) is 17.6 Å². The van der Waals surface area contributed by atoms with Crippen LogP contribution < -0.4 is 14.4 Å². The van der Waals surface area contributed by atoms with Gasteiger partial charge in [-0.2, -0.15) is 5.26 Å². The molecular weight excluding hydrogens is 340 g/mol. The quantitative estimate of drug-likeness (QED) is 0.745. The number of hydrogen-bond acceptors (Lipinski definition) is 5. The highest BCUT2D eigenvalue weighted by molar-refractivity contribution is 5.76. The Morgan fingerprint density at radius 1 is 1.22 bits per heavy atom. The second-order valence-electron chi connectivity index (χ2n) is 7.02. The molecule has 1 heterocycles. The van der Waals surface area contributed by atoms with Crippen LogP contribution in [0.2, 0.25) is 0 Å². The largest absolute Gasteiger partial charge is 0.497 e. The molecule has 1 aliphatic heterocycles. The molecule has 0 aromatic heterocycles. The minimum Gasteiger partial charge on any atom is -0.497 e. The van der Waals surface area contributed by atoms with Crippen LogP contribution in [0.25, 0.3) is 0 Å². The Morgan fingerprint density at radius 2 is 1.89 bits per heavy atom. The van der Waals surface area contributed by atoms with Crippen molar-refractivity contribution in [3.05, 3.63) is 53.6 Å². The molecule has 140 valence electrons. The predicted octanol–water partition coefficient (Wildman–Crippen LogP) is 3.92. The van der Waals surface area contributed by atoms with E-state index in [0.29, 0.717) is 17.7 Å². The van der Waals surface area contributed by atoms with E-state index in [0.717, 1.165) is 30.1 Å². The molecule has 1 saturated heterocycles. The minimum atomic E-state index is 0.0964. The molecule has 0 radical (unpaired) electrons. The lowest BCUT2D eigenvalue weighted by Crippen LogP contribution is -2.54. The number of carbonyl (C=O) groups excluding carboxylic acids is 1. The number of anilines is 1. The number of Topliss-reactive ketones (excluding diaryl/α,β-unsaturated/α-hetero) is 1. The molecule has 0 saturated carbocycles. The number of benzene rings is 2. The molecule has 0 spiro atoms. The standard InChI is InChI=1S/C22H24N2O3/c1-15(10-16(2)25)17-4-6-19(7-5-17)27-21-13-24(14-21)22-9-8-20(26-3)11-18(22)12-23/h4-9,11,15,21H,10,13-14H2,1-3H3/t15-/m1/s1. The Bertz CT molecular complexity index is 849. The molecule has 0 aliphatic carbocycles. The minimum absolute atomic E-state index is 0.0964. The number of nitrogens with zero attached hydrogens (tertiary/aromatic N) is 2.